The molecule has 0 radical (unpaired) electrons. The molecule has 3 rings (SSSR count). The number of aliphatic hydroxyl groups excluding tert-OH is 1. The number of piperazine rings is 1. The first kappa shape index (κ1) is 16.9. The van der Waals surface area contributed by atoms with Gasteiger partial charge in [0.25, 0.3) is 0 Å². The molecule has 0 aromatic carbocycles. The van der Waals surface area contributed by atoms with Crippen molar-refractivity contribution in [3.8, 4) is 11.8 Å². The minimum Gasteiger partial charge on any atom is -0.384 e. The summed E-state index contributed by atoms with van der Waals surface area (Å²) >= 11 is 1.73. The highest BCUT2D eigenvalue weighted by molar-refractivity contribution is 7.10. The maximum atomic E-state index is 8.76. The lowest BCUT2D eigenvalue weighted by Gasteiger charge is -2.35. The number of nitrogens with zero attached hydrogens (tertiary/aromatic N) is 4. The fourth-order valence-electron chi connectivity index (χ4n) is 2.83. The molecule has 1 fully saturated rings. The van der Waals surface area contributed by atoms with Crippen LogP contribution in [0, 0.1) is 25.7 Å². The van der Waals surface area contributed by atoms with Gasteiger partial charge in [0.2, 0.25) is 0 Å². The number of thiophene rings is 1. The molecule has 24 heavy (non-hydrogen) atoms. The van der Waals surface area contributed by atoms with Gasteiger partial charge in [0, 0.05) is 54.7 Å². The first-order chi connectivity index (χ1) is 11.7. The largest absolute Gasteiger partial charge is 0.384 e. The molecule has 0 aliphatic carbocycles. The van der Waals surface area contributed by atoms with Crippen LogP contribution in [0.2, 0.25) is 0 Å². The Labute approximate surface area is 147 Å². The summed E-state index contributed by atoms with van der Waals surface area (Å²) in [6.07, 6.45) is 1.82. The van der Waals surface area contributed by atoms with Gasteiger partial charge in [0.05, 0.1) is 11.4 Å². The van der Waals surface area contributed by atoms with E-state index in [0.717, 1.165) is 55.5 Å². The molecule has 0 unspecified atom stereocenters. The molecule has 1 aliphatic rings. The summed E-state index contributed by atoms with van der Waals surface area (Å²) in [5.41, 5.74) is 2.96. The number of rotatable bonds is 3. The summed E-state index contributed by atoms with van der Waals surface area (Å²) in [6.45, 7) is 8.86. The van der Waals surface area contributed by atoms with Crippen LogP contribution in [0.25, 0.3) is 0 Å². The van der Waals surface area contributed by atoms with Crippen molar-refractivity contribution < 1.29 is 5.11 Å². The Hall–Kier alpha value is -1.94. The predicted octanol–water partition coefficient (Wildman–Crippen LogP) is 1.82. The van der Waals surface area contributed by atoms with Gasteiger partial charge < -0.3 is 10.0 Å². The number of aromatic nitrogens is 2. The zero-order valence-electron chi connectivity index (χ0n) is 14.1. The highest BCUT2D eigenvalue weighted by atomic mass is 32.1. The van der Waals surface area contributed by atoms with E-state index in [2.05, 4.69) is 43.1 Å². The summed E-state index contributed by atoms with van der Waals surface area (Å²) in [5, 5.41) is 10.8. The van der Waals surface area contributed by atoms with Crippen LogP contribution >= 0.6 is 11.3 Å². The van der Waals surface area contributed by atoms with Gasteiger partial charge in [-0.15, -0.1) is 11.3 Å². The van der Waals surface area contributed by atoms with Crippen LogP contribution in [0.3, 0.4) is 0 Å². The molecule has 6 heteroatoms. The molecule has 1 aliphatic heterocycles. The third-order valence-corrected chi connectivity index (χ3v) is 4.99. The van der Waals surface area contributed by atoms with E-state index in [4.69, 9.17) is 5.11 Å². The van der Waals surface area contributed by atoms with Crippen molar-refractivity contribution >= 4 is 17.2 Å². The highest BCUT2D eigenvalue weighted by Crippen LogP contribution is 2.20. The van der Waals surface area contributed by atoms with Gasteiger partial charge in [0.15, 0.2) is 0 Å². The van der Waals surface area contributed by atoms with E-state index >= 15 is 0 Å². The average molecular weight is 342 g/mol. The Morgan fingerprint density at radius 3 is 2.79 bits per heavy atom. The molecule has 2 aromatic heterocycles. The molecule has 3 heterocycles. The fourth-order valence-corrected chi connectivity index (χ4v) is 3.69. The van der Waals surface area contributed by atoms with Crippen molar-refractivity contribution in [1.29, 1.82) is 0 Å². The minimum atomic E-state index is -0.0889. The molecule has 1 N–H and O–H groups in total. The molecule has 0 saturated carbocycles. The minimum absolute atomic E-state index is 0.0889. The summed E-state index contributed by atoms with van der Waals surface area (Å²) in [7, 11) is 0. The number of hydrogen-bond acceptors (Lipinski definition) is 6. The highest BCUT2D eigenvalue weighted by Gasteiger charge is 2.20. The van der Waals surface area contributed by atoms with Crippen LogP contribution in [0.1, 0.15) is 21.8 Å². The first-order valence-electron chi connectivity index (χ1n) is 8.10. The quantitative estimate of drug-likeness (QED) is 0.863. The Balaban J connectivity index is 1.57. The van der Waals surface area contributed by atoms with E-state index in [9.17, 15) is 0 Å². The van der Waals surface area contributed by atoms with Crippen molar-refractivity contribution in [1.82, 2.24) is 14.9 Å². The molecule has 0 atom stereocenters. The van der Waals surface area contributed by atoms with Gasteiger partial charge in [-0.3, -0.25) is 9.88 Å². The van der Waals surface area contributed by atoms with Crippen molar-refractivity contribution in [3.05, 3.63) is 39.5 Å². The zero-order chi connectivity index (χ0) is 16.9. The van der Waals surface area contributed by atoms with E-state index in [1.807, 2.05) is 20.0 Å². The van der Waals surface area contributed by atoms with Gasteiger partial charge in [-0.2, -0.15) is 0 Å². The molecule has 0 spiro atoms. The normalized spacial score (nSPS) is 15.2. The molecular weight excluding hydrogens is 320 g/mol. The Morgan fingerprint density at radius 1 is 1.25 bits per heavy atom. The lowest BCUT2D eigenvalue weighted by Crippen LogP contribution is -2.46. The average Bonchev–Trinajstić information content (AvgIpc) is 3.03. The SMILES string of the molecule is Cc1cnc(C)c(N2CCN(Cc3cc(C#CCO)cs3)CC2)n1. The van der Waals surface area contributed by atoms with Gasteiger partial charge in [-0.25, -0.2) is 4.98 Å². The van der Waals surface area contributed by atoms with Crippen LogP contribution in [-0.2, 0) is 6.54 Å². The van der Waals surface area contributed by atoms with Crippen molar-refractivity contribution in [2.24, 2.45) is 0 Å². The lowest BCUT2D eigenvalue weighted by atomic mass is 10.2. The van der Waals surface area contributed by atoms with E-state index in [-0.39, 0.29) is 6.61 Å². The van der Waals surface area contributed by atoms with E-state index in [0.29, 0.717) is 0 Å². The van der Waals surface area contributed by atoms with Gasteiger partial charge >= 0.3 is 0 Å². The summed E-state index contributed by atoms with van der Waals surface area (Å²) in [4.78, 5) is 15.2. The smallest absolute Gasteiger partial charge is 0.150 e. The van der Waals surface area contributed by atoms with Crippen LogP contribution in [-0.4, -0.2) is 52.8 Å². The number of aryl methyl sites for hydroxylation is 2. The second-order valence-electron chi connectivity index (χ2n) is 5.95. The summed E-state index contributed by atoms with van der Waals surface area (Å²) in [6, 6.07) is 2.12. The second kappa shape index (κ2) is 7.75. The van der Waals surface area contributed by atoms with Crippen molar-refractivity contribution in [2.75, 3.05) is 37.7 Å². The molecular formula is C18H22N4OS. The first-order valence-corrected chi connectivity index (χ1v) is 8.98. The van der Waals surface area contributed by atoms with Gasteiger partial charge in [-0.05, 0) is 19.9 Å². The maximum Gasteiger partial charge on any atom is 0.150 e. The number of aliphatic hydroxyl groups is 1. The number of hydrogen-bond donors (Lipinski definition) is 1. The Morgan fingerprint density at radius 2 is 2.04 bits per heavy atom. The predicted molar refractivity (Wildman–Crippen MR) is 97.3 cm³/mol. The zero-order valence-corrected chi connectivity index (χ0v) is 14.9. The van der Waals surface area contributed by atoms with Crippen LogP contribution in [0.15, 0.2) is 17.6 Å². The van der Waals surface area contributed by atoms with Gasteiger partial charge in [-0.1, -0.05) is 11.8 Å². The maximum absolute atomic E-state index is 8.76. The third-order valence-electron chi connectivity index (χ3n) is 4.07. The van der Waals surface area contributed by atoms with Crippen LogP contribution in [0.5, 0.6) is 0 Å². The molecule has 126 valence electrons. The molecule has 1 saturated heterocycles. The van der Waals surface area contributed by atoms with Crippen molar-refractivity contribution in [3.63, 3.8) is 0 Å². The molecule has 0 amide bonds. The summed E-state index contributed by atoms with van der Waals surface area (Å²) in [5.74, 6) is 6.68. The second-order valence-corrected chi connectivity index (χ2v) is 6.94. The molecule has 2 aromatic rings. The fraction of sp³-hybridized carbons (Fsp3) is 0.444. The Bertz CT molecular complexity index is 754. The standard InChI is InChI=1S/C18H22N4OS/c1-14-11-19-15(2)18(20-14)22-7-5-21(6-8-22)12-17-10-16(13-24-17)4-3-9-23/h10-11,13,23H,5-9,12H2,1-2H3. The van der Waals surface area contributed by atoms with Crippen LogP contribution < -0.4 is 4.90 Å². The van der Waals surface area contributed by atoms with Gasteiger partial charge in [0.1, 0.15) is 12.4 Å². The lowest BCUT2D eigenvalue weighted by molar-refractivity contribution is 0.251. The Kier molecular flexibility index (Phi) is 5.46. The monoisotopic (exact) mass is 342 g/mol. The summed E-state index contributed by atoms with van der Waals surface area (Å²) < 4.78 is 0. The topological polar surface area (TPSA) is 52.5 Å². The van der Waals surface area contributed by atoms with Crippen molar-refractivity contribution in [2.45, 2.75) is 20.4 Å². The molecule has 5 nitrogen and oxygen atoms in total. The van der Waals surface area contributed by atoms with E-state index < -0.39 is 0 Å². The molecule has 0 bridgehead atoms. The number of anilines is 1. The van der Waals surface area contributed by atoms with E-state index in [1.165, 1.54) is 4.88 Å². The van der Waals surface area contributed by atoms with Crippen LogP contribution in [0.4, 0.5) is 5.82 Å². The van der Waals surface area contributed by atoms with E-state index in [1.54, 1.807) is 11.3 Å². The third kappa shape index (κ3) is 4.12.